The Hall–Kier alpha value is -0.350. The molecule has 0 spiro atoms. The number of halogens is 2. The number of Topliss-reactive ketones (excluding diaryl/α,β-unsaturated/α-hetero) is 1. The van der Waals surface area contributed by atoms with E-state index in [2.05, 4.69) is 36.8 Å². The Bertz CT molecular complexity index is 358. The van der Waals surface area contributed by atoms with Gasteiger partial charge < -0.3 is 4.90 Å². The first-order valence-corrected chi connectivity index (χ1v) is 5.98. The van der Waals surface area contributed by atoms with Crippen LogP contribution in [0.15, 0.2) is 27.1 Å². The highest BCUT2D eigenvalue weighted by Crippen LogP contribution is 2.35. The molecular formula is C10H9Br2NO. The first-order valence-electron chi connectivity index (χ1n) is 4.39. The Kier molecular flexibility index (Phi) is 2.93. The summed E-state index contributed by atoms with van der Waals surface area (Å²) in [6.45, 7) is 1.35. The quantitative estimate of drug-likeness (QED) is 0.793. The predicted molar refractivity (Wildman–Crippen MR) is 63.7 cm³/mol. The topological polar surface area (TPSA) is 20.3 Å². The van der Waals surface area contributed by atoms with Crippen LogP contribution in [0.1, 0.15) is 6.42 Å². The lowest BCUT2D eigenvalue weighted by molar-refractivity contribution is -0.116. The second kappa shape index (κ2) is 4.03. The molecule has 0 aliphatic carbocycles. The molecule has 1 aliphatic heterocycles. The standard InChI is InChI=1S/C10H9Br2NO/c11-8-2-1-3-9(12)10(8)13-5-4-7(14)6-13/h1-3H,4-6H2. The fraction of sp³-hybridized carbons (Fsp3) is 0.300. The van der Waals surface area contributed by atoms with Crippen molar-refractivity contribution in [2.45, 2.75) is 6.42 Å². The van der Waals surface area contributed by atoms with E-state index in [4.69, 9.17) is 0 Å². The van der Waals surface area contributed by atoms with E-state index in [1.807, 2.05) is 18.2 Å². The SMILES string of the molecule is O=C1CCN(c2c(Br)cccc2Br)C1. The third-order valence-corrected chi connectivity index (χ3v) is 3.56. The summed E-state index contributed by atoms with van der Waals surface area (Å²) in [7, 11) is 0. The van der Waals surface area contributed by atoms with Crippen LogP contribution in [0.4, 0.5) is 5.69 Å². The fourth-order valence-electron chi connectivity index (χ4n) is 1.61. The molecule has 1 heterocycles. The summed E-state index contributed by atoms with van der Waals surface area (Å²) in [6, 6.07) is 5.95. The average Bonchev–Trinajstić information content (AvgIpc) is 2.51. The molecule has 4 heteroatoms. The van der Waals surface area contributed by atoms with Gasteiger partial charge in [-0.05, 0) is 44.0 Å². The molecule has 0 unspecified atom stereocenters. The summed E-state index contributed by atoms with van der Waals surface area (Å²) in [5.74, 6) is 0.313. The molecule has 1 aromatic rings. The van der Waals surface area contributed by atoms with Crippen molar-refractivity contribution in [3.8, 4) is 0 Å². The number of rotatable bonds is 1. The summed E-state index contributed by atoms with van der Waals surface area (Å²) >= 11 is 6.99. The monoisotopic (exact) mass is 317 g/mol. The van der Waals surface area contributed by atoms with Gasteiger partial charge in [0.15, 0.2) is 5.78 Å². The number of para-hydroxylation sites is 1. The van der Waals surface area contributed by atoms with E-state index in [9.17, 15) is 4.79 Å². The van der Waals surface area contributed by atoms with Crippen LogP contribution in [-0.4, -0.2) is 18.9 Å². The van der Waals surface area contributed by atoms with Crippen LogP contribution in [0.3, 0.4) is 0 Å². The number of benzene rings is 1. The first kappa shape index (κ1) is 10.2. The lowest BCUT2D eigenvalue weighted by Crippen LogP contribution is -2.20. The molecule has 0 saturated carbocycles. The lowest BCUT2D eigenvalue weighted by atomic mass is 10.3. The highest BCUT2D eigenvalue weighted by molar-refractivity contribution is 9.11. The Labute approximate surface area is 99.5 Å². The van der Waals surface area contributed by atoms with Gasteiger partial charge in [0.05, 0.1) is 12.2 Å². The number of anilines is 1. The number of ketones is 1. The van der Waals surface area contributed by atoms with Gasteiger partial charge in [0.2, 0.25) is 0 Å². The molecular weight excluding hydrogens is 310 g/mol. The Morgan fingerprint density at radius 2 is 1.86 bits per heavy atom. The molecule has 0 bridgehead atoms. The lowest BCUT2D eigenvalue weighted by Gasteiger charge is -2.19. The number of hydrogen-bond donors (Lipinski definition) is 0. The van der Waals surface area contributed by atoms with Crippen molar-refractivity contribution in [3.05, 3.63) is 27.1 Å². The number of carbonyl (C=O) groups excluding carboxylic acids is 1. The number of carbonyl (C=O) groups is 1. The molecule has 0 aromatic heterocycles. The van der Waals surface area contributed by atoms with Crippen molar-refractivity contribution in [2.75, 3.05) is 18.0 Å². The van der Waals surface area contributed by atoms with Gasteiger partial charge in [-0.25, -0.2) is 0 Å². The van der Waals surface area contributed by atoms with Crippen molar-refractivity contribution in [1.82, 2.24) is 0 Å². The number of hydrogen-bond acceptors (Lipinski definition) is 2. The molecule has 2 nitrogen and oxygen atoms in total. The smallest absolute Gasteiger partial charge is 0.153 e. The van der Waals surface area contributed by atoms with Crippen LogP contribution >= 0.6 is 31.9 Å². The maximum Gasteiger partial charge on any atom is 0.153 e. The largest absolute Gasteiger partial charge is 0.362 e. The van der Waals surface area contributed by atoms with Crippen LogP contribution in [0.2, 0.25) is 0 Å². The summed E-state index contributed by atoms with van der Waals surface area (Å²) in [6.07, 6.45) is 0.660. The molecule has 0 radical (unpaired) electrons. The van der Waals surface area contributed by atoms with E-state index >= 15 is 0 Å². The van der Waals surface area contributed by atoms with Crippen LogP contribution in [0.25, 0.3) is 0 Å². The minimum absolute atomic E-state index is 0.313. The van der Waals surface area contributed by atoms with Gasteiger partial charge in [-0.2, -0.15) is 0 Å². The first-order chi connectivity index (χ1) is 6.68. The van der Waals surface area contributed by atoms with Gasteiger partial charge in [-0.15, -0.1) is 0 Å². The van der Waals surface area contributed by atoms with Gasteiger partial charge in [-0.3, -0.25) is 4.79 Å². The predicted octanol–water partition coefficient (Wildman–Crippen LogP) is 2.99. The maximum absolute atomic E-state index is 11.2. The van der Waals surface area contributed by atoms with Gasteiger partial charge in [0.1, 0.15) is 0 Å². The van der Waals surface area contributed by atoms with Crippen LogP contribution in [-0.2, 0) is 4.79 Å². The van der Waals surface area contributed by atoms with Crippen molar-refractivity contribution >= 4 is 43.3 Å². The molecule has 2 rings (SSSR count). The molecule has 74 valence electrons. The van der Waals surface area contributed by atoms with Crippen LogP contribution in [0.5, 0.6) is 0 Å². The van der Waals surface area contributed by atoms with E-state index in [0.29, 0.717) is 18.7 Å². The van der Waals surface area contributed by atoms with E-state index in [1.54, 1.807) is 0 Å². The molecule has 1 saturated heterocycles. The van der Waals surface area contributed by atoms with E-state index < -0.39 is 0 Å². The Morgan fingerprint density at radius 1 is 1.21 bits per heavy atom. The Balaban J connectivity index is 2.36. The zero-order valence-electron chi connectivity index (χ0n) is 7.46. The highest BCUT2D eigenvalue weighted by atomic mass is 79.9. The summed E-state index contributed by atoms with van der Waals surface area (Å²) in [5, 5.41) is 0. The zero-order valence-corrected chi connectivity index (χ0v) is 10.6. The third kappa shape index (κ3) is 1.86. The fourth-order valence-corrected chi connectivity index (χ4v) is 3.11. The van der Waals surface area contributed by atoms with E-state index in [1.165, 1.54) is 0 Å². The second-order valence-corrected chi connectivity index (χ2v) is 4.99. The van der Waals surface area contributed by atoms with Crippen molar-refractivity contribution in [2.24, 2.45) is 0 Å². The normalized spacial score (nSPS) is 16.4. The number of nitrogens with zero attached hydrogens (tertiary/aromatic N) is 1. The highest BCUT2D eigenvalue weighted by Gasteiger charge is 2.22. The molecule has 1 fully saturated rings. The molecule has 0 atom stereocenters. The summed E-state index contributed by atoms with van der Waals surface area (Å²) < 4.78 is 2.06. The van der Waals surface area contributed by atoms with Crippen molar-refractivity contribution in [3.63, 3.8) is 0 Å². The van der Waals surface area contributed by atoms with Gasteiger partial charge >= 0.3 is 0 Å². The molecule has 0 N–H and O–H groups in total. The third-order valence-electron chi connectivity index (χ3n) is 2.28. The average molecular weight is 319 g/mol. The summed E-state index contributed by atoms with van der Waals surface area (Å²) in [5.41, 5.74) is 1.08. The minimum Gasteiger partial charge on any atom is -0.362 e. The van der Waals surface area contributed by atoms with Crippen molar-refractivity contribution in [1.29, 1.82) is 0 Å². The van der Waals surface area contributed by atoms with Crippen molar-refractivity contribution < 1.29 is 4.79 Å². The van der Waals surface area contributed by atoms with Crippen LogP contribution in [0, 0.1) is 0 Å². The van der Waals surface area contributed by atoms with E-state index in [0.717, 1.165) is 21.2 Å². The maximum atomic E-state index is 11.2. The minimum atomic E-state index is 0.313. The van der Waals surface area contributed by atoms with Crippen LogP contribution < -0.4 is 4.90 Å². The second-order valence-electron chi connectivity index (χ2n) is 3.28. The van der Waals surface area contributed by atoms with E-state index in [-0.39, 0.29) is 0 Å². The molecule has 14 heavy (non-hydrogen) atoms. The molecule has 1 aromatic carbocycles. The molecule has 0 amide bonds. The summed E-state index contributed by atoms with van der Waals surface area (Å²) in [4.78, 5) is 13.3. The zero-order chi connectivity index (χ0) is 10.1. The Morgan fingerprint density at radius 3 is 2.36 bits per heavy atom. The molecule has 1 aliphatic rings. The van der Waals surface area contributed by atoms with Gasteiger partial charge in [0, 0.05) is 21.9 Å². The van der Waals surface area contributed by atoms with Gasteiger partial charge in [0.25, 0.3) is 0 Å². The van der Waals surface area contributed by atoms with Gasteiger partial charge in [-0.1, -0.05) is 6.07 Å².